The average Bonchev–Trinajstić information content (AvgIpc) is 3.23. The summed E-state index contributed by atoms with van der Waals surface area (Å²) in [4.78, 5) is 33.0. The molecule has 2 aromatic heterocycles. The second-order valence-corrected chi connectivity index (χ2v) is 8.25. The van der Waals surface area contributed by atoms with Crippen LogP contribution in [-0.2, 0) is 9.53 Å². The smallest absolute Gasteiger partial charge is 0.290 e. The maximum Gasteiger partial charge on any atom is 0.290 e. The molecule has 0 saturated heterocycles. The summed E-state index contributed by atoms with van der Waals surface area (Å²) in [7, 11) is 1.55. The van der Waals surface area contributed by atoms with Crippen molar-refractivity contribution < 1.29 is 19.4 Å². The number of ketones is 1. The van der Waals surface area contributed by atoms with Crippen LogP contribution in [0.25, 0.3) is 0 Å². The highest BCUT2D eigenvalue weighted by molar-refractivity contribution is 7.14. The third kappa shape index (κ3) is 3.08. The Bertz CT molecular complexity index is 897. The van der Waals surface area contributed by atoms with Gasteiger partial charge in [-0.3, -0.25) is 9.59 Å². The summed E-state index contributed by atoms with van der Waals surface area (Å²) in [6, 6.07) is 1.34. The molecule has 0 fully saturated rings. The maximum atomic E-state index is 13.2. The molecule has 1 N–H and O–H groups in total. The van der Waals surface area contributed by atoms with Crippen LogP contribution in [0.1, 0.15) is 36.9 Å². The van der Waals surface area contributed by atoms with Gasteiger partial charge in [-0.25, -0.2) is 4.98 Å². The number of thiazole rings is 1. The molecule has 0 bridgehead atoms. The summed E-state index contributed by atoms with van der Waals surface area (Å²) in [5.41, 5.74) is 1.72. The topological polar surface area (TPSA) is 79.7 Å². The Balaban J connectivity index is 2.10. The normalized spacial score (nSPS) is 17.5. The van der Waals surface area contributed by atoms with Crippen molar-refractivity contribution in [3.63, 3.8) is 0 Å². The predicted molar refractivity (Wildman–Crippen MR) is 101 cm³/mol. The van der Waals surface area contributed by atoms with Crippen LogP contribution in [0.15, 0.2) is 22.8 Å². The Morgan fingerprint density at radius 1 is 1.38 bits per heavy atom. The minimum absolute atomic E-state index is 0.128. The van der Waals surface area contributed by atoms with Crippen LogP contribution in [-0.4, -0.2) is 46.9 Å². The van der Waals surface area contributed by atoms with Crippen molar-refractivity contribution >= 4 is 34.4 Å². The lowest BCUT2D eigenvalue weighted by Crippen LogP contribution is -2.33. The number of amides is 1. The van der Waals surface area contributed by atoms with Gasteiger partial charge in [0.15, 0.2) is 5.76 Å². The van der Waals surface area contributed by atoms with Crippen LogP contribution in [0.2, 0.25) is 0 Å². The molecule has 26 heavy (non-hydrogen) atoms. The van der Waals surface area contributed by atoms with Gasteiger partial charge in [0.25, 0.3) is 5.91 Å². The number of ether oxygens (including phenoxy) is 1. The predicted octanol–water partition coefficient (Wildman–Crippen LogP) is 3.35. The van der Waals surface area contributed by atoms with E-state index in [2.05, 4.69) is 4.98 Å². The van der Waals surface area contributed by atoms with E-state index in [1.165, 1.54) is 27.6 Å². The molecule has 1 aliphatic heterocycles. The van der Waals surface area contributed by atoms with Crippen molar-refractivity contribution in [3.05, 3.63) is 48.8 Å². The Morgan fingerprint density at radius 3 is 2.65 bits per heavy atom. The van der Waals surface area contributed by atoms with Gasteiger partial charge in [0, 0.05) is 18.5 Å². The van der Waals surface area contributed by atoms with E-state index >= 15 is 0 Å². The van der Waals surface area contributed by atoms with Crippen molar-refractivity contribution in [2.75, 3.05) is 20.3 Å². The standard InChI is InChI=1S/C18H20N2O4S2/c1-9-5-8-25-16(9)13-12(14(21)17-10(2)19-11(3)26-17)15(22)18(23)20(13)6-7-24-4/h5,8,13,22H,6-7H2,1-4H3. The average molecular weight is 393 g/mol. The third-order valence-electron chi connectivity index (χ3n) is 4.34. The molecule has 0 saturated carbocycles. The number of hydrogen-bond acceptors (Lipinski definition) is 7. The summed E-state index contributed by atoms with van der Waals surface area (Å²) >= 11 is 2.75. The fourth-order valence-electron chi connectivity index (χ4n) is 3.11. The molecule has 0 spiro atoms. The molecule has 3 heterocycles. The molecule has 3 rings (SSSR count). The lowest BCUT2D eigenvalue weighted by atomic mass is 9.98. The first kappa shape index (κ1) is 18.8. The number of methoxy groups -OCH3 is 1. The number of Topliss-reactive ketones (excluding diaryl/α,β-unsaturated/α-hetero) is 1. The number of aliphatic hydroxyl groups excluding tert-OH is 1. The molecule has 6 nitrogen and oxygen atoms in total. The van der Waals surface area contributed by atoms with E-state index in [0.29, 0.717) is 23.7 Å². The zero-order chi connectivity index (χ0) is 19.0. The number of aryl methyl sites for hydroxylation is 3. The number of nitrogens with zero attached hydrogens (tertiary/aromatic N) is 2. The molecule has 1 atom stereocenters. The monoisotopic (exact) mass is 392 g/mol. The van der Waals surface area contributed by atoms with Crippen molar-refractivity contribution in [3.8, 4) is 0 Å². The van der Waals surface area contributed by atoms with Gasteiger partial charge >= 0.3 is 0 Å². The molecule has 0 aromatic carbocycles. The van der Waals surface area contributed by atoms with Crippen molar-refractivity contribution in [2.24, 2.45) is 0 Å². The molecule has 1 amide bonds. The van der Waals surface area contributed by atoms with Crippen molar-refractivity contribution in [1.82, 2.24) is 9.88 Å². The van der Waals surface area contributed by atoms with E-state index in [4.69, 9.17) is 4.74 Å². The molecule has 1 unspecified atom stereocenters. The Hall–Kier alpha value is -2.03. The summed E-state index contributed by atoms with van der Waals surface area (Å²) < 4.78 is 5.10. The van der Waals surface area contributed by atoms with E-state index in [0.717, 1.165) is 15.4 Å². The largest absolute Gasteiger partial charge is 0.503 e. The summed E-state index contributed by atoms with van der Waals surface area (Å²) in [5, 5.41) is 13.2. The number of carbonyl (C=O) groups excluding carboxylic acids is 2. The molecular formula is C18H20N2O4S2. The number of aromatic nitrogens is 1. The van der Waals surface area contributed by atoms with Crippen LogP contribution in [0, 0.1) is 20.8 Å². The first-order valence-electron chi connectivity index (χ1n) is 8.12. The number of carbonyl (C=O) groups is 2. The van der Waals surface area contributed by atoms with E-state index in [1.54, 1.807) is 14.0 Å². The van der Waals surface area contributed by atoms with Gasteiger partial charge < -0.3 is 14.7 Å². The van der Waals surface area contributed by atoms with E-state index < -0.39 is 17.7 Å². The summed E-state index contributed by atoms with van der Waals surface area (Å²) in [6.45, 7) is 6.14. The second-order valence-electron chi connectivity index (χ2n) is 6.10. The molecule has 138 valence electrons. The third-order valence-corrected chi connectivity index (χ3v) is 6.49. The molecule has 1 aliphatic rings. The maximum absolute atomic E-state index is 13.2. The number of aliphatic hydroxyl groups is 1. The zero-order valence-corrected chi connectivity index (χ0v) is 16.7. The van der Waals surface area contributed by atoms with Gasteiger partial charge in [-0.05, 0) is 37.8 Å². The van der Waals surface area contributed by atoms with Crippen LogP contribution >= 0.6 is 22.7 Å². The van der Waals surface area contributed by atoms with Crippen LogP contribution in [0.5, 0.6) is 0 Å². The number of hydrogen-bond donors (Lipinski definition) is 1. The van der Waals surface area contributed by atoms with E-state index in [9.17, 15) is 14.7 Å². The first-order chi connectivity index (χ1) is 12.4. The highest BCUT2D eigenvalue weighted by Gasteiger charge is 2.45. The molecule has 8 heteroatoms. The van der Waals surface area contributed by atoms with Gasteiger partial charge in [0.05, 0.1) is 27.8 Å². The number of thiophene rings is 1. The van der Waals surface area contributed by atoms with Gasteiger partial charge in [0.2, 0.25) is 5.78 Å². The fourth-order valence-corrected chi connectivity index (χ4v) is 5.03. The van der Waals surface area contributed by atoms with E-state index in [1.807, 2.05) is 25.3 Å². The lowest BCUT2D eigenvalue weighted by molar-refractivity contribution is -0.130. The van der Waals surface area contributed by atoms with Crippen LogP contribution in [0.4, 0.5) is 0 Å². The Labute approximate surface area is 159 Å². The van der Waals surface area contributed by atoms with Gasteiger partial charge in [-0.1, -0.05) is 0 Å². The van der Waals surface area contributed by atoms with Gasteiger partial charge in [-0.2, -0.15) is 0 Å². The second kappa shape index (κ2) is 7.30. The number of rotatable bonds is 6. The quantitative estimate of drug-likeness (QED) is 0.763. The highest BCUT2D eigenvalue weighted by Crippen LogP contribution is 2.42. The van der Waals surface area contributed by atoms with Crippen LogP contribution in [0.3, 0.4) is 0 Å². The Morgan fingerprint density at radius 2 is 2.12 bits per heavy atom. The van der Waals surface area contributed by atoms with Crippen molar-refractivity contribution in [2.45, 2.75) is 26.8 Å². The highest BCUT2D eigenvalue weighted by atomic mass is 32.1. The molecule has 0 aliphatic carbocycles. The summed E-state index contributed by atoms with van der Waals surface area (Å²) in [6.07, 6.45) is 0. The van der Waals surface area contributed by atoms with E-state index in [-0.39, 0.29) is 11.4 Å². The SMILES string of the molecule is COCCN1C(=O)C(O)=C(C(=O)c2sc(C)nc2C)C1c1sccc1C. The molecule has 2 aromatic rings. The minimum atomic E-state index is -0.605. The van der Waals surface area contributed by atoms with Crippen molar-refractivity contribution in [1.29, 1.82) is 0 Å². The zero-order valence-electron chi connectivity index (χ0n) is 15.0. The fraction of sp³-hybridized carbons (Fsp3) is 0.389. The lowest BCUT2D eigenvalue weighted by Gasteiger charge is -2.26. The van der Waals surface area contributed by atoms with Gasteiger partial charge in [-0.15, -0.1) is 22.7 Å². The van der Waals surface area contributed by atoms with Crippen LogP contribution < -0.4 is 0 Å². The molecular weight excluding hydrogens is 372 g/mol. The van der Waals surface area contributed by atoms with Gasteiger partial charge in [0.1, 0.15) is 6.04 Å². The minimum Gasteiger partial charge on any atom is -0.503 e. The Kier molecular flexibility index (Phi) is 5.27. The first-order valence-corrected chi connectivity index (χ1v) is 9.82. The molecule has 0 radical (unpaired) electrons. The summed E-state index contributed by atoms with van der Waals surface area (Å²) in [5.74, 6) is -1.35.